The molecule has 4 nitrogen and oxygen atoms in total. The van der Waals surface area contributed by atoms with Gasteiger partial charge in [0.1, 0.15) is 6.10 Å². The minimum absolute atomic E-state index is 0.0615. The van der Waals surface area contributed by atoms with Gasteiger partial charge in [-0.2, -0.15) is 0 Å². The highest BCUT2D eigenvalue weighted by atomic mass is 16.5. The predicted molar refractivity (Wildman–Crippen MR) is 59.9 cm³/mol. The van der Waals surface area contributed by atoms with Crippen LogP contribution < -0.4 is 0 Å². The van der Waals surface area contributed by atoms with Crippen molar-refractivity contribution in [1.29, 1.82) is 0 Å². The van der Waals surface area contributed by atoms with Gasteiger partial charge < -0.3 is 9.47 Å². The average molecular weight is 221 g/mol. The molecule has 0 aromatic heterocycles. The summed E-state index contributed by atoms with van der Waals surface area (Å²) >= 11 is 0. The Labute approximate surface area is 94.9 Å². The SMILES string of the molecule is COCC(OC)c1ccc(CN=C=O)cc1. The maximum atomic E-state index is 9.96. The fourth-order valence-corrected chi connectivity index (χ4v) is 1.41. The standard InChI is InChI=1S/C12H15NO3/c1-15-8-12(16-2)11-5-3-10(4-6-11)7-13-9-14/h3-6,12H,7-8H2,1-2H3. The Morgan fingerprint density at radius 1 is 1.31 bits per heavy atom. The Hall–Kier alpha value is -1.48. The summed E-state index contributed by atoms with van der Waals surface area (Å²) in [6, 6.07) is 7.72. The van der Waals surface area contributed by atoms with Gasteiger partial charge in [-0.15, -0.1) is 0 Å². The molecule has 0 spiro atoms. The zero-order chi connectivity index (χ0) is 11.8. The van der Waals surface area contributed by atoms with Gasteiger partial charge in [-0.05, 0) is 11.1 Å². The largest absolute Gasteiger partial charge is 0.382 e. The van der Waals surface area contributed by atoms with Crippen LogP contribution in [-0.2, 0) is 20.8 Å². The Morgan fingerprint density at radius 3 is 2.50 bits per heavy atom. The number of benzene rings is 1. The van der Waals surface area contributed by atoms with Gasteiger partial charge in [-0.25, -0.2) is 9.79 Å². The van der Waals surface area contributed by atoms with Crippen LogP contribution >= 0.6 is 0 Å². The first-order valence-electron chi connectivity index (χ1n) is 4.96. The number of hydrogen-bond acceptors (Lipinski definition) is 4. The molecule has 16 heavy (non-hydrogen) atoms. The van der Waals surface area contributed by atoms with Gasteiger partial charge in [0.05, 0.1) is 13.2 Å². The number of ether oxygens (including phenoxy) is 2. The molecular weight excluding hydrogens is 206 g/mol. The number of hydrogen-bond donors (Lipinski definition) is 0. The third kappa shape index (κ3) is 3.59. The summed E-state index contributed by atoms with van der Waals surface area (Å²) in [5, 5.41) is 0. The van der Waals surface area contributed by atoms with Gasteiger partial charge in [-0.3, -0.25) is 0 Å². The molecule has 1 aromatic carbocycles. The molecule has 0 radical (unpaired) electrons. The molecule has 0 heterocycles. The zero-order valence-electron chi connectivity index (χ0n) is 9.47. The fourth-order valence-electron chi connectivity index (χ4n) is 1.41. The summed E-state index contributed by atoms with van der Waals surface area (Å²) in [5.41, 5.74) is 2.02. The van der Waals surface area contributed by atoms with E-state index in [1.807, 2.05) is 24.3 Å². The Bertz CT molecular complexity index is 355. The van der Waals surface area contributed by atoms with Gasteiger partial charge in [0.2, 0.25) is 6.08 Å². The van der Waals surface area contributed by atoms with Crippen molar-refractivity contribution in [2.75, 3.05) is 20.8 Å². The molecule has 0 bridgehead atoms. The number of carbonyl (C=O) groups excluding carboxylic acids is 1. The van der Waals surface area contributed by atoms with E-state index >= 15 is 0 Å². The first-order chi connectivity index (χ1) is 7.81. The molecule has 1 rings (SSSR count). The second-order valence-corrected chi connectivity index (χ2v) is 3.33. The third-order valence-corrected chi connectivity index (χ3v) is 2.28. The summed E-state index contributed by atoms with van der Waals surface area (Å²) in [4.78, 5) is 13.5. The monoisotopic (exact) mass is 221 g/mol. The molecule has 0 aliphatic rings. The van der Waals surface area contributed by atoms with Gasteiger partial charge in [0.15, 0.2) is 0 Å². The molecule has 0 fully saturated rings. The molecule has 0 aliphatic heterocycles. The molecule has 1 aromatic rings. The van der Waals surface area contributed by atoms with Crippen molar-refractivity contribution in [2.45, 2.75) is 12.6 Å². The first-order valence-corrected chi connectivity index (χ1v) is 4.96. The lowest BCUT2D eigenvalue weighted by atomic mass is 10.1. The minimum Gasteiger partial charge on any atom is -0.382 e. The molecular formula is C12H15NO3. The molecule has 0 amide bonds. The lowest BCUT2D eigenvalue weighted by Gasteiger charge is -2.14. The molecule has 1 atom stereocenters. The Balaban J connectivity index is 2.72. The van der Waals surface area contributed by atoms with Gasteiger partial charge in [0.25, 0.3) is 0 Å². The number of nitrogens with zero attached hydrogens (tertiary/aromatic N) is 1. The quantitative estimate of drug-likeness (QED) is 0.544. The second-order valence-electron chi connectivity index (χ2n) is 3.33. The van der Waals surface area contributed by atoms with Gasteiger partial charge in [-0.1, -0.05) is 24.3 Å². The van der Waals surface area contributed by atoms with E-state index < -0.39 is 0 Å². The Kier molecular flexibility index (Phi) is 5.43. The number of aliphatic imine (C=N–C) groups is 1. The summed E-state index contributed by atoms with van der Waals surface area (Å²) in [6.07, 6.45) is 1.45. The molecule has 0 aliphatic carbocycles. The van der Waals surface area contributed by atoms with E-state index in [1.54, 1.807) is 14.2 Å². The van der Waals surface area contributed by atoms with Crippen molar-refractivity contribution in [3.8, 4) is 0 Å². The molecule has 0 saturated carbocycles. The van der Waals surface area contributed by atoms with Crippen molar-refractivity contribution >= 4 is 6.08 Å². The van der Waals surface area contributed by atoms with E-state index in [-0.39, 0.29) is 6.10 Å². The van der Waals surface area contributed by atoms with Crippen molar-refractivity contribution < 1.29 is 14.3 Å². The highest BCUT2D eigenvalue weighted by molar-refractivity contribution is 5.34. The lowest BCUT2D eigenvalue weighted by Crippen LogP contribution is -2.08. The fraction of sp³-hybridized carbons (Fsp3) is 0.417. The first kappa shape index (κ1) is 12.6. The van der Waals surface area contributed by atoms with Crippen LogP contribution in [0.2, 0.25) is 0 Å². The number of methoxy groups -OCH3 is 2. The van der Waals surface area contributed by atoms with Crippen molar-refractivity contribution in [2.24, 2.45) is 4.99 Å². The molecule has 0 saturated heterocycles. The summed E-state index contributed by atoms with van der Waals surface area (Å²) in [7, 11) is 3.29. The van der Waals surface area contributed by atoms with Crippen LogP contribution in [0.4, 0.5) is 0 Å². The molecule has 0 N–H and O–H groups in total. The summed E-state index contributed by atoms with van der Waals surface area (Å²) in [5.74, 6) is 0. The average Bonchev–Trinajstić information content (AvgIpc) is 2.34. The van der Waals surface area contributed by atoms with Crippen molar-refractivity contribution in [3.05, 3.63) is 35.4 Å². The maximum absolute atomic E-state index is 9.96. The van der Waals surface area contributed by atoms with E-state index in [2.05, 4.69) is 4.99 Å². The van der Waals surface area contributed by atoms with Crippen LogP contribution in [0.5, 0.6) is 0 Å². The van der Waals surface area contributed by atoms with Crippen LogP contribution in [-0.4, -0.2) is 26.9 Å². The Morgan fingerprint density at radius 2 is 2.00 bits per heavy atom. The van der Waals surface area contributed by atoms with E-state index in [0.29, 0.717) is 13.2 Å². The van der Waals surface area contributed by atoms with Crippen LogP contribution in [0.1, 0.15) is 17.2 Å². The van der Waals surface area contributed by atoms with E-state index in [4.69, 9.17) is 9.47 Å². The summed E-state index contributed by atoms with van der Waals surface area (Å²) in [6.45, 7) is 0.883. The maximum Gasteiger partial charge on any atom is 0.235 e. The van der Waals surface area contributed by atoms with Crippen LogP contribution in [0.3, 0.4) is 0 Å². The molecule has 86 valence electrons. The lowest BCUT2D eigenvalue weighted by molar-refractivity contribution is 0.0275. The highest BCUT2D eigenvalue weighted by Crippen LogP contribution is 2.17. The smallest absolute Gasteiger partial charge is 0.235 e. The molecule has 1 unspecified atom stereocenters. The van der Waals surface area contributed by atoms with Gasteiger partial charge in [0, 0.05) is 14.2 Å². The van der Waals surface area contributed by atoms with Crippen LogP contribution in [0, 0.1) is 0 Å². The normalized spacial score (nSPS) is 11.9. The van der Waals surface area contributed by atoms with Crippen LogP contribution in [0.25, 0.3) is 0 Å². The van der Waals surface area contributed by atoms with Crippen LogP contribution in [0.15, 0.2) is 29.3 Å². The van der Waals surface area contributed by atoms with Crippen molar-refractivity contribution in [1.82, 2.24) is 0 Å². The van der Waals surface area contributed by atoms with Gasteiger partial charge >= 0.3 is 0 Å². The summed E-state index contributed by atoms with van der Waals surface area (Å²) < 4.78 is 10.3. The number of rotatable bonds is 6. The zero-order valence-corrected chi connectivity index (χ0v) is 9.47. The van der Waals surface area contributed by atoms with Crippen molar-refractivity contribution in [3.63, 3.8) is 0 Å². The van der Waals surface area contributed by atoms with E-state index in [0.717, 1.165) is 11.1 Å². The highest BCUT2D eigenvalue weighted by Gasteiger charge is 2.09. The predicted octanol–water partition coefficient (Wildman–Crippen LogP) is 1.86. The van der Waals surface area contributed by atoms with E-state index in [9.17, 15) is 4.79 Å². The minimum atomic E-state index is -0.0615. The number of isocyanates is 1. The topological polar surface area (TPSA) is 47.9 Å². The second kappa shape index (κ2) is 6.90. The third-order valence-electron chi connectivity index (χ3n) is 2.28. The molecule has 4 heteroatoms. The van der Waals surface area contributed by atoms with E-state index in [1.165, 1.54) is 6.08 Å².